The van der Waals surface area contributed by atoms with Crippen LogP contribution in [0.2, 0.25) is 0 Å². The molecule has 1 aromatic rings. The van der Waals surface area contributed by atoms with E-state index in [-0.39, 0.29) is 6.10 Å². The van der Waals surface area contributed by atoms with Crippen LogP contribution in [0.1, 0.15) is 56.7 Å². The summed E-state index contributed by atoms with van der Waals surface area (Å²) in [7, 11) is 1.77. The number of hydrogen-bond acceptors (Lipinski definition) is 4. The highest BCUT2D eigenvalue weighted by molar-refractivity contribution is 9.10. The van der Waals surface area contributed by atoms with Gasteiger partial charge in [0.1, 0.15) is 11.9 Å². The van der Waals surface area contributed by atoms with Crippen molar-refractivity contribution in [3.63, 3.8) is 0 Å². The highest BCUT2D eigenvalue weighted by atomic mass is 79.9. The number of nitrogens with zero attached hydrogens (tertiary/aromatic N) is 2. The third-order valence-electron chi connectivity index (χ3n) is 3.96. The largest absolute Gasteiger partial charge is 0.373 e. The molecule has 1 fully saturated rings. The molecule has 20 heavy (non-hydrogen) atoms. The Bertz CT molecular complexity index is 447. The summed E-state index contributed by atoms with van der Waals surface area (Å²) in [4.78, 5) is 9.31. The molecular weight excluding hydrogens is 318 g/mol. The fourth-order valence-electron chi connectivity index (χ4n) is 2.94. The Morgan fingerprint density at radius 3 is 2.60 bits per heavy atom. The number of ether oxygens (including phenoxy) is 1. The molecule has 4 nitrogen and oxygen atoms in total. The lowest BCUT2D eigenvalue weighted by molar-refractivity contribution is 0.0289. The second-order valence-electron chi connectivity index (χ2n) is 5.41. The molecule has 1 atom stereocenters. The van der Waals surface area contributed by atoms with Crippen LogP contribution in [0.3, 0.4) is 0 Å². The molecule has 1 aromatic heterocycles. The van der Waals surface area contributed by atoms with E-state index < -0.39 is 0 Å². The van der Waals surface area contributed by atoms with Crippen molar-refractivity contribution in [3.05, 3.63) is 16.0 Å². The Labute approximate surface area is 129 Å². The van der Waals surface area contributed by atoms with E-state index >= 15 is 0 Å². The molecule has 0 bridgehead atoms. The van der Waals surface area contributed by atoms with Gasteiger partial charge in [-0.3, -0.25) is 0 Å². The molecule has 0 aliphatic heterocycles. The van der Waals surface area contributed by atoms with Gasteiger partial charge in [0, 0.05) is 13.7 Å². The molecule has 1 aliphatic carbocycles. The summed E-state index contributed by atoms with van der Waals surface area (Å²) in [5.41, 5.74) is 0.962. The first-order chi connectivity index (χ1) is 9.67. The van der Waals surface area contributed by atoms with Gasteiger partial charge >= 0.3 is 0 Å². The highest BCUT2D eigenvalue weighted by Crippen LogP contribution is 2.36. The SMILES string of the molecule is CCNc1nc(C(OC)C2CCCCC2)nc(C)c1Br. The van der Waals surface area contributed by atoms with Crippen LogP contribution in [0.15, 0.2) is 4.47 Å². The summed E-state index contributed by atoms with van der Waals surface area (Å²) in [5, 5.41) is 3.29. The predicted molar refractivity (Wildman–Crippen MR) is 85.0 cm³/mol. The van der Waals surface area contributed by atoms with E-state index in [1.807, 2.05) is 6.92 Å². The summed E-state index contributed by atoms with van der Waals surface area (Å²) in [5.74, 6) is 2.23. The predicted octanol–water partition coefficient (Wildman–Crippen LogP) is 4.25. The lowest BCUT2D eigenvalue weighted by Gasteiger charge is -2.28. The molecule has 0 spiro atoms. The van der Waals surface area contributed by atoms with Gasteiger partial charge in [0.15, 0.2) is 5.82 Å². The Kier molecular flexibility index (Phi) is 5.78. The monoisotopic (exact) mass is 341 g/mol. The van der Waals surface area contributed by atoms with E-state index in [4.69, 9.17) is 4.74 Å². The maximum Gasteiger partial charge on any atom is 0.160 e. The molecule has 1 saturated carbocycles. The molecule has 1 heterocycles. The molecule has 1 N–H and O–H groups in total. The fraction of sp³-hybridized carbons (Fsp3) is 0.733. The smallest absolute Gasteiger partial charge is 0.160 e. The zero-order valence-corrected chi connectivity index (χ0v) is 14.2. The summed E-state index contributed by atoms with van der Waals surface area (Å²) >= 11 is 3.55. The van der Waals surface area contributed by atoms with Crippen molar-refractivity contribution in [1.29, 1.82) is 0 Å². The van der Waals surface area contributed by atoms with Crippen molar-refractivity contribution in [2.24, 2.45) is 5.92 Å². The van der Waals surface area contributed by atoms with Crippen molar-refractivity contribution in [1.82, 2.24) is 9.97 Å². The maximum absolute atomic E-state index is 5.74. The Balaban J connectivity index is 2.28. The number of aryl methyl sites for hydroxylation is 1. The minimum Gasteiger partial charge on any atom is -0.373 e. The van der Waals surface area contributed by atoms with Crippen molar-refractivity contribution >= 4 is 21.7 Å². The molecule has 0 radical (unpaired) electrons. The molecular formula is C15H24BrN3O. The van der Waals surface area contributed by atoms with E-state index in [1.165, 1.54) is 32.1 Å². The Morgan fingerprint density at radius 2 is 2.00 bits per heavy atom. The van der Waals surface area contributed by atoms with Crippen LogP contribution in [0.25, 0.3) is 0 Å². The van der Waals surface area contributed by atoms with Crippen LogP contribution in [0, 0.1) is 12.8 Å². The molecule has 1 aliphatic rings. The molecule has 2 rings (SSSR count). The van der Waals surface area contributed by atoms with Gasteiger partial charge in [-0.1, -0.05) is 19.3 Å². The quantitative estimate of drug-likeness (QED) is 0.869. The van der Waals surface area contributed by atoms with Crippen molar-refractivity contribution in [2.75, 3.05) is 19.0 Å². The number of halogens is 1. The minimum absolute atomic E-state index is 0.0134. The van der Waals surface area contributed by atoms with Crippen molar-refractivity contribution in [3.8, 4) is 0 Å². The van der Waals surface area contributed by atoms with E-state index in [9.17, 15) is 0 Å². The molecule has 1 unspecified atom stereocenters. The van der Waals surface area contributed by atoms with E-state index in [0.29, 0.717) is 5.92 Å². The van der Waals surface area contributed by atoms with Gasteiger partial charge in [-0.2, -0.15) is 0 Å². The minimum atomic E-state index is 0.0134. The van der Waals surface area contributed by atoms with Gasteiger partial charge in [0.25, 0.3) is 0 Å². The molecule has 5 heteroatoms. The number of rotatable bonds is 5. The lowest BCUT2D eigenvalue weighted by Crippen LogP contribution is -2.21. The zero-order chi connectivity index (χ0) is 14.5. The topological polar surface area (TPSA) is 47.0 Å². The zero-order valence-electron chi connectivity index (χ0n) is 12.6. The van der Waals surface area contributed by atoms with Gasteiger partial charge in [-0.05, 0) is 48.5 Å². The van der Waals surface area contributed by atoms with Gasteiger partial charge in [-0.15, -0.1) is 0 Å². The average molecular weight is 342 g/mol. The number of methoxy groups -OCH3 is 1. The lowest BCUT2D eigenvalue weighted by atomic mass is 9.85. The molecule has 0 saturated heterocycles. The maximum atomic E-state index is 5.74. The average Bonchev–Trinajstić information content (AvgIpc) is 2.46. The molecule has 0 aromatic carbocycles. The van der Waals surface area contributed by atoms with Crippen LogP contribution < -0.4 is 5.32 Å². The van der Waals surface area contributed by atoms with Gasteiger partial charge < -0.3 is 10.1 Å². The fourth-order valence-corrected chi connectivity index (χ4v) is 3.26. The second-order valence-corrected chi connectivity index (χ2v) is 6.21. The first kappa shape index (κ1) is 15.7. The van der Waals surface area contributed by atoms with Gasteiger partial charge in [-0.25, -0.2) is 9.97 Å². The van der Waals surface area contributed by atoms with Crippen molar-refractivity contribution in [2.45, 2.75) is 52.1 Å². The van der Waals surface area contributed by atoms with Gasteiger partial charge in [0.2, 0.25) is 0 Å². The first-order valence-corrected chi connectivity index (χ1v) is 8.27. The van der Waals surface area contributed by atoms with Crippen molar-refractivity contribution < 1.29 is 4.74 Å². The van der Waals surface area contributed by atoms with Crippen LogP contribution in [-0.2, 0) is 4.74 Å². The summed E-state index contributed by atoms with van der Waals surface area (Å²) in [6.45, 7) is 4.91. The third kappa shape index (κ3) is 3.50. The number of aromatic nitrogens is 2. The summed E-state index contributed by atoms with van der Waals surface area (Å²) in [6.07, 6.45) is 6.37. The van der Waals surface area contributed by atoms with E-state index in [2.05, 4.69) is 38.1 Å². The Hall–Kier alpha value is -0.680. The van der Waals surface area contributed by atoms with E-state index in [1.54, 1.807) is 7.11 Å². The van der Waals surface area contributed by atoms with Crippen LogP contribution in [0.5, 0.6) is 0 Å². The normalized spacial score (nSPS) is 18.0. The van der Waals surface area contributed by atoms with Crippen LogP contribution >= 0.6 is 15.9 Å². The van der Waals surface area contributed by atoms with Gasteiger partial charge in [0.05, 0.1) is 10.2 Å². The van der Waals surface area contributed by atoms with Crippen LogP contribution in [-0.4, -0.2) is 23.6 Å². The number of nitrogens with one attached hydrogen (secondary N) is 1. The number of hydrogen-bond donors (Lipinski definition) is 1. The third-order valence-corrected chi connectivity index (χ3v) is 4.91. The molecule has 112 valence electrons. The Morgan fingerprint density at radius 1 is 1.30 bits per heavy atom. The standard InChI is InChI=1S/C15H24BrN3O/c1-4-17-14-12(16)10(2)18-15(19-14)13(20-3)11-8-6-5-7-9-11/h11,13H,4-9H2,1-3H3,(H,17,18,19). The summed E-state index contributed by atoms with van der Waals surface area (Å²) in [6, 6.07) is 0. The molecule has 0 amide bonds. The second kappa shape index (κ2) is 7.36. The number of anilines is 1. The first-order valence-electron chi connectivity index (χ1n) is 7.48. The summed E-state index contributed by atoms with van der Waals surface area (Å²) < 4.78 is 6.68. The van der Waals surface area contributed by atoms with E-state index in [0.717, 1.165) is 28.4 Å². The highest BCUT2D eigenvalue weighted by Gasteiger charge is 2.28. The van der Waals surface area contributed by atoms with Crippen LogP contribution in [0.4, 0.5) is 5.82 Å².